The van der Waals surface area contributed by atoms with Gasteiger partial charge in [0.25, 0.3) is 0 Å². The molecule has 0 fully saturated rings. The Bertz CT molecular complexity index is 2910. The zero-order chi connectivity index (χ0) is 33.7. The highest BCUT2D eigenvalue weighted by atomic mass is 16.3. The van der Waals surface area contributed by atoms with Gasteiger partial charge in [0.2, 0.25) is 0 Å². The number of nitrogens with zero attached hydrogens (tertiary/aromatic N) is 4. The van der Waals surface area contributed by atoms with Gasteiger partial charge in [0.1, 0.15) is 11.2 Å². The Kier molecular flexibility index (Phi) is 6.74. The summed E-state index contributed by atoms with van der Waals surface area (Å²) in [7, 11) is 0. The summed E-state index contributed by atoms with van der Waals surface area (Å²) in [6.07, 6.45) is 1.84. The number of pyridine rings is 1. The maximum Gasteiger partial charge on any atom is 0.164 e. The SMILES string of the molecule is c1ccc(-c2ccc(-c3nc(-c4cccc5ccc(-c6ccc7cccnc7c6)cc45)nc(-c4cccc5oc6ccccc6c45)n3)cc2)cc1. The van der Waals surface area contributed by atoms with Gasteiger partial charge in [-0.05, 0) is 63.4 Å². The number of aromatic nitrogens is 4. The van der Waals surface area contributed by atoms with Crippen LogP contribution in [-0.4, -0.2) is 19.9 Å². The molecule has 0 saturated carbocycles. The van der Waals surface area contributed by atoms with Crippen LogP contribution in [-0.2, 0) is 0 Å². The lowest BCUT2D eigenvalue weighted by atomic mass is 9.97. The van der Waals surface area contributed by atoms with Gasteiger partial charge in [0, 0.05) is 39.0 Å². The van der Waals surface area contributed by atoms with Gasteiger partial charge in [-0.1, -0.05) is 133 Å². The Morgan fingerprint density at radius 2 is 1.00 bits per heavy atom. The molecule has 0 aliphatic heterocycles. The fraction of sp³-hybridized carbons (Fsp3) is 0. The van der Waals surface area contributed by atoms with Gasteiger partial charge < -0.3 is 4.42 Å². The maximum atomic E-state index is 6.26. The van der Waals surface area contributed by atoms with Crippen LogP contribution < -0.4 is 0 Å². The third-order valence-corrected chi connectivity index (χ3v) is 9.59. The van der Waals surface area contributed by atoms with Crippen LogP contribution in [0.15, 0.2) is 174 Å². The second-order valence-corrected chi connectivity index (χ2v) is 12.7. The standard InChI is InChI=1S/C46H28N4O/c1-2-9-29(10-3-1)30-18-22-33(23-19-30)44-48-45(50-46(49-44)38-15-7-17-42-43(38)37-13-4-5-16-41(37)51-42)36-14-6-11-31-20-24-34(27-39(31)36)35-25-21-32-12-8-26-47-40(32)28-35/h1-28H. The van der Waals surface area contributed by atoms with Gasteiger partial charge in [0.05, 0.1) is 5.52 Å². The molecule has 0 amide bonds. The lowest BCUT2D eigenvalue weighted by molar-refractivity contribution is 0.669. The summed E-state index contributed by atoms with van der Waals surface area (Å²) >= 11 is 0. The molecule has 0 unspecified atom stereocenters. The molecule has 0 N–H and O–H groups in total. The fourth-order valence-electron chi connectivity index (χ4n) is 7.04. The highest BCUT2D eigenvalue weighted by Crippen LogP contribution is 2.38. The predicted octanol–water partition coefficient (Wildman–Crippen LogP) is 11.8. The highest BCUT2D eigenvalue weighted by Gasteiger charge is 2.19. The van der Waals surface area contributed by atoms with Gasteiger partial charge >= 0.3 is 0 Å². The van der Waals surface area contributed by atoms with E-state index in [0.29, 0.717) is 17.5 Å². The molecular weight excluding hydrogens is 625 g/mol. The summed E-state index contributed by atoms with van der Waals surface area (Å²) in [5, 5.41) is 5.30. The number of para-hydroxylation sites is 1. The van der Waals surface area contributed by atoms with E-state index in [1.165, 1.54) is 0 Å². The molecule has 238 valence electrons. The average Bonchev–Trinajstić information content (AvgIpc) is 3.59. The summed E-state index contributed by atoms with van der Waals surface area (Å²) in [5.41, 5.74) is 9.83. The smallest absolute Gasteiger partial charge is 0.164 e. The molecule has 0 bridgehead atoms. The molecule has 0 atom stereocenters. The lowest BCUT2D eigenvalue weighted by Gasteiger charge is -2.12. The minimum atomic E-state index is 0.591. The Morgan fingerprint density at radius 3 is 1.88 bits per heavy atom. The summed E-state index contributed by atoms with van der Waals surface area (Å²) in [6.45, 7) is 0. The molecule has 3 aromatic heterocycles. The molecule has 10 rings (SSSR count). The van der Waals surface area contributed by atoms with Gasteiger partial charge in [-0.3, -0.25) is 4.98 Å². The Balaban J connectivity index is 1.18. The molecule has 7 aromatic carbocycles. The van der Waals surface area contributed by atoms with Gasteiger partial charge in [-0.25, -0.2) is 15.0 Å². The largest absolute Gasteiger partial charge is 0.456 e. The van der Waals surface area contributed by atoms with Crippen molar-refractivity contribution in [2.45, 2.75) is 0 Å². The Hall–Kier alpha value is -6.98. The second-order valence-electron chi connectivity index (χ2n) is 12.7. The number of hydrogen-bond acceptors (Lipinski definition) is 5. The van der Waals surface area contributed by atoms with Crippen LogP contribution in [0.25, 0.3) is 100 Å². The van der Waals surface area contributed by atoms with E-state index in [2.05, 4.69) is 126 Å². The van der Waals surface area contributed by atoms with E-state index in [1.807, 2.05) is 48.7 Å². The molecule has 10 aromatic rings. The summed E-state index contributed by atoms with van der Waals surface area (Å²) < 4.78 is 6.26. The van der Waals surface area contributed by atoms with Gasteiger partial charge in [-0.15, -0.1) is 0 Å². The van der Waals surface area contributed by atoms with Crippen LogP contribution >= 0.6 is 0 Å². The molecule has 5 nitrogen and oxygen atoms in total. The Morgan fingerprint density at radius 1 is 0.373 bits per heavy atom. The predicted molar refractivity (Wildman–Crippen MR) is 207 cm³/mol. The van der Waals surface area contributed by atoms with Crippen LogP contribution in [0.2, 0.25) is 0 Å². The number of hydrogen-bond donors (Lipinski definition) is 0. The normalized spacial score (nSPS) is 11.5. The maximum absolute atomic E-state index is 6.26. The zero-order valence-electron chi connectivity index (χ0n) is 27.4. The first-order valence-corrected chi connectivity index (χ1v) is 17.0. The molecule has 5 heteroatoms. The quantitative estimate of drug-likeness (QED) is 0.185. The fourth-order valence-corrected chi connectivity index (χ4v) is 7.04. The molecule has 51 heavy (non-hydrogen) atoms. The zero-order valence-corrected chi connectivity index (χ0v) is 27.4. The number of furan rings is 1. The van der Waals surface area contributed by atoms with Gasteiger partial charge in [0.15, 0.2) is 17.5 Å². The average molecular weight is 653 g/mol. The minimum Gasteiger partial charge on any atom is -0.456 e. The monoisotopic (exact) mass is 652 g/mol. The van der Waals surface area contributed by atoms with E-state index in [4.69, 9.17) is 19.4 Å². The molecule has 0 aliphatic rings. The van der Waals surface area contributed by atoms with Crippen LogP contribution in [0.1, 0.15) is 0 Å². The molecule has 0 radical (unpaired) electrons. The van der Waals surface area contributed by atoms with E-state index in [9.17, 15) is 0 Å². The number of rotatable bonds is 5. The summed E-state index contributed by atoms with van der Waals surface area (Å²) in [6, 6.07) is 56.3. The third-order valence-electron chi connectivity index (χ3n) is 9.59. The van der Waals surface area contributed by atoms with E-state index < -0.39 is 0 Å². The first kappa shape index (κ1) is 29.0. The van der Waals surface area contributed by atoms with Crippen molar-refractivity contribution < 1.29 is 4.42 Å². The van der Waals surface area contributed by atoms with Crippen molar-refractivity contribution >= 4 is 43.6 Å². The molecule has 0 spiro atoms. The van der Waals surface area contributed by atoms with Crippen molar-refractivity contribution in [2.75, 3.05) is 0 Å². The third kappa shape index (κ3) is 5.11. The van der Waals surface area contributed by atoms with Crippen molar-refractivity contribution in [3.63, 3.8) is 0 Å². The molecule has 3 heterocycles. The van der Waals surface area contributed by atoms with E-state index >= 15 is 0 Å². The van der Waals surface area contributed by atoms with Crippen molar-refractivity contribution in [2.24, 2.45) is 0 Å². The highest BCUT2D eigenvalue weighted by molar-refractivity contribution is 6.12. The van der Waals surface area contributed by atoms with Crippen LogP contribution in [0.3, 0.4) is 0 Å². The lowest BCUT2D eigenvalue weighted by Crippen LogP contribution is -2.01. The van der Waals surface area contributed by atoms with Crippen molar-refractivity contribution in [1.82, 2.24) is 19.9 Å². The first-order valence-electron chi connectivity index (χ1n) is 17.0. The molecular formula is C46H28N4O. The topological polar surface area (TPSA) is 64.7 Å². The van der Waals surface area contributed by atoms with Crippen molar-refractivity contribution in [3.05, 3.63) is 170 Å². The van der Waals surface area contributed by atoms with Crippen LogP contribution in [0, 0.1) is 0 Å². The van der Waals surface area contributed by atoms with Crippen LogP contribution in [0.5, 0.6) is 0 Å². The van der Waals surface area contributed by atoms with Crippen molar-refractivity contribution in [3.8, 4) is 56.4 Å². The second kappa shape index (κ2) is 11.9. The Labute approximate surface area is 293 Å². The minimum absolute atomic E-state index is 0.591. The van der Waals surface area contributed by atoms with E-state index in [-0.39, 0.29) is 0 Å². The number of fused-ring (bicyclic) bond motifs is 5. The molecule has 0 saturated heterocycles. The van der Waals surface area contributed by atoms with Gasteiger partial charge in [-0.2, -0.15) is 0 Å². The van der Waals surface area contributed by atoms with E-state index in [0.717, 1.165) is 82.6 Å². The van der Waals surface area contributed by atoms with E-state index in [1.54, 1.807) is 0 Å². The van der Waals surface area contributed by atoms with Crippen LogP contribution in [0.4, 0.5) is 0 Å². The number of benzene rings is 7. The van der Waals surface area contributed by atoms with Crippen molar-refractivity contribution in [1.29, 1.82) is 0 Å². The molecule has 0 aliphatic carbocycles. The summed E-state index contributed by atoms with van der Waals surface area (Å²) in [5.74, 6) is 1.80. The summed E-state index contributed by atoms with van der Waals surface area (Å²) in [4.78, 5) is 20.1. The first-order chi connectivity index (χ1) is 25.2.